The van der Waals surface area contributed by atoms with Gasteiger partial charge in [-0.15, -0.1) is 0 Å². The number of rotatable bonds is 6. The minimum absolute atomic E-state index is 0.00260. The van der Waals surface area contributed by atoms with E-state index >= 15 is 0 Å². The van der Waals surface area contributed by atoms with Gasteiger partial charge in [-0.25, -0.2) is 8.42 Å². The molecule has 0 N–H and O–H groups in total. The van der Waals surface area contributed by atoms with E-state index in [1.165, 1.54) is 32.2 Å². The third-order valence-corrected chi connectivity index (χ3v) is 6.19. The molecule has 0 saturated carbocycles. The number of carbonyl (C=O) groups is 1. The summed E-state index contributed by atoms with van der Waals surface area (Å²) in [4.78, 5) is 13.9. The Morgan fingerprint density at radius 1 is 1.15 bits per heavy atom. The standard InChI is InChI=1S/C17H17N3O5S2/c1-20(13-8-7-11(24-2)9-14(13)25-3)16(21)10-27(22,23)15-6-4-5-12-17(15)19-26-18-12/h4-9H,10H2,1-3H3. The zero-order valence-corrected chi connectivity index (χ0v) is 16.5. The van der Waals surface area contributed by atoms with Crippen LogP contribution in [0.15, 0.2) is 41.3 Å². The van der Waals surface area contributed by atoms with Crippen LogP contribution in [-0.2, 0) is 14.6 Å². The fraction of sp³-hybridized carbons (Fsp3) is 0.235. The van der Waals surface area contributed by atoms with Gasteiger partial charge in [-0.05, 0) is 24.3 Å². The summed E-state index contributed by atoms with van der Waals surface area (Å²) in [7, 11) is 0.578. The van der Waals surface area contributed by atoms with Gasteiger partial charge in [0.05, 0.1) is 36.5 Å². The molecule has 1 amide bonds. The number of sulfone groups is 1. The lowest BCUT2D eigenvalue weighted by molar-refractivity contribution is -0.116. The Morgan fingerprint density at radius 2 is 1.93 bits per heavy atom. The van der Waals surface area contributed by atoms with Gasteiger partial charge in [-0.1, -0.05) is 6.07 Å². The molecule has 0 spiro atoms. The number of anilines is 1. The molecule has 2 aromatic carbocycles. The van der Waals surface area contributed by atoms with E-state index in [1.54, 1.807) is 30.3 Å². The van der Waals surface area contributed by atoms with Crippen LogP contribution in [0.1, 0.15) is 0 Å². The molecule has 10 heteroatoms. The Hall–Kier alpha value is -2.72. The summed E-state index contributed by atoms with van der Waals surface area (Å²) in [5.41, 5.74) is 1.20. The fourth-order valence-electron chi connectivity index (χ4n) is 2.57. The van der Waals surface area contributed by atoms with Gasteiger partial charge < -0.3 is 14.4 Å². The predicted molar refractivity (Wildman–Crippen MR) is 102 cm³/mol. The normalized spacial score (nSPS) is 11.4. The van der Waals surface area contributed by atoms with Crippen molar-refractivity contribution in [2.75, 3.05) is 31.9 Å². The lowest BCUT2D eigenvalue weighted by Crippen LogP contribution is -2.32. The zero-order chi connectivity index (χ0) is 19.6. The SMILES string of the molecule is COc1ccc(N(C)C(=O)CS(=O)(=O)c2cccc3nsnc23)c(OC)c1. The quantitative estimate of drug-likeness (QED) is 0.617. The lowest BCUT2D eigenvalue weighted by Gasteiger charge is -2.20. The van der Waals surface area contributed by atoms with Crippen molar-refractivity contribution < 1.29 is 22.7 Å². The Bertz CT molecular complexity index is 1090. The second kappa shape index (κ2) is 7.49. The van der Waals surface area contributed by atoms with Crippen LogP contribution in [0.5, 0.6) is 11.5 Å². The van der Waals surface area contributed by atoms with E-state index in [0.717, 1.165) is 11.7 Å². The van der Waals surface area contributed by atoms with Crippen LogP contribution in [0.3, 0.4) is 0 Å². The molecule has 8 nitrogen and oxygen atoms in total. The molecule has 27 heavy (non-hydrogen) atoms. The van der Waals surface area contributed by atoms with Gasteiger partial charge in [0.1, 0.15) is 28.3 Å². The Labute approximate surface area is 160 Å². The molecule has 0 aliphatic carbocycles. The van der Waals surface area contributed by atoms with Crippen molar-refractivity contribution in [3.63, 3.8) is 0 Å². The van der Waals surface area contributed by atoms with Crippen LogP contribution in [0.25, 0.3) is 11.0 Å². The number of fused-ring (bicyclic) bond motifs is 1. The van der Waals surface area contributed by atoms with Crippen molar-refractivity contribution in [3.05, 3.63) is 36.4 Å². The summed E-state index contributed by atoms with van der Waals surface area (Å²) in [6.45, 7) is 0. The second-order valence-corrected chi connectivity index (χ2v) is 8.12. The van der Waals surface area contributed by atoms with Crippen molar-refractivity contribution in [1.29, 1.82) is 0 Å². The maximum atomic E-state index is 12.8. The van der Waals surface area contributed by atoms with E-state index in [4.69, 9.17) is 9.47 Å². The molecule has 0 unspecified atom stereocenters. The van der Waals surface area contributed by atoms with Crippen LogP contribution in [0.4, 0.5) is 5.69 Å². The number of methoxy groups -OCH3 is 2. The minimum atomic E-state index is -3.89. The topological polar surface area (TPSA) is 98.7 Å². The molecule has 142 valence electrons. The van der Waals surface area contributed by atoms with Gasteiger partial charge in [0.25, 0.3) is 0 Å². The van der Waals surface area contributed by atoms with E-state index < -0.39 is 21.5 Å². The van der Waals surface area contributed by atoms with E-state index in [-0.39, 0.29) is 10.4 Å². The Kier molecular flexibility index (Phi) is 5.29. The number of benzene rings is 2. The van der Waals surface area contributed by atoms with E-state index in [2.05, 4.69) is 8.75 Å². The monoisotopic (exact) mass is 407 g/mol. The van der Waals surface area contributed by atoms with Crippen molar-refractivity contribution in [2.45, 2.75) is 4.90 Å². The fourth-order valence-corrected chi connectivity index (χ4v) is 4.58. The van der Waals surface area contributed by atoms with Gasteiger partial charge in [-0.3, -0.25) is 4.79 Å². The molecule has 0 radical (unpaired) electrons. The number of carbonyl (C=O) groups excluding carboxylic acids is 1. The average molecular weight is 407 g/mol. The maximum Gasteiger partial charge on any atom is 0.242 e. The minimum Gasteiger partial charge on any atom is -0.497 e. The Morgan fingerprint density at radius 3 is 2.63 bits per heavy atom. The number of hydrogen-bond acceptors (Lipinski definition) is 8. The number of aromatic nitrogens is 2. The molecule has 3 aromatic rings. The molecule has 0 aliphatic heterocycles. The summed E-state index contributed by atoms with van der Waals surface area (Å²) >= 11 is 0.925. The first-order chi connectivity index (χ1) is 12.9. The molecule has 0 bridgehead atoms. The molecule has 0 saturated heterocycles. The van der Waals surface area contributed by atoms with E-state index in [0.29, 0.717) is 22.7 Å². The van der Waals surface area contributed by atoms with E-state index in [1.807, 2.05) is 0 Å². The van der Waals surface area contributed by atoms with Crippen LogP contribution in [0.2, 0.25) is 0 Å². The summed E-state index contributed by atoms with van der Waals surface area (Å²) in [5, 5.41) is 0. The highest BCUT2D eigenvalue weighted by molar-refractivity contribution is 7.92. The molecule has 0 atom stereocenters. The number of hydrogen-bond donors (Lipinski definition) is 0. The molecule has 0 fully saturated rings. The molecule has 0 aliphatic rings. The summed E-state index contributed by atoms with van der Waals surface area (Å²) in [5.74, 6) is -0.339. The average Bonchev–Trinajstić information content (AvgIpc) is 3.15. The van der Waals surface area contributed by atoms with Gasteiger partial charge in [0.15, 0.2) is 9.84 Å². The van der Waals surface area contributed by atoms with Crippen LogP contribution in [0, 0.1) is 0 Å². The first-order valence-electron chi connectivity index (χ1n) is 7.80. The summed E-state index contributed by atoms with van der Waals surface area (Å²) in [6.07, 6.45) is 0. The van der Waals surface area contributed by atoms with Gasteiger partial charge in [0, 0.05) is 13.1 Å². The molecule has 1 aromatic heterocycles. The highest BCUT2D eigenvalue weighted by atomic mass is 32.2. The van der Waals surface area contributed by atoms with Crippen LogP contribution >= 0.6 is 11.7 Å². The molecular formula is C17H17N3O5S2. The Balaban J connectivity index is 1.89. The van der Waals surface area contributed by atoms with Crippen LogP contribution in [-0.4, -0.2) is 50.1 Å². The van der Waals surface area contributed by atoms with Gasteiger partial charge >= 0.3 is 0 Å². The zero-order valence-electron chi connectivity index (χ0n) is 14.9. The summed E-state index contributed by atoms with van der Waals surface area (Å²) in [6, 6.07) is 9.60. The summed E-state index contributed by atoms with van der Waals surface area (Å²) < 4.78 is 44.1. The van der Waals surface area contributed by atoms with Gasteiger partial charge in [-0.2, -0.15) is 8.75 Å². The number of ether oxygens (including phenoxy) is 2. The highest BCUT2D eigenvalue weighted by Gasteiger charge is 2.26. The first-order valence-corrected chi connectivity index (χ1v) is 10.2. The second-order valence-electron chi connectivity index (χ2n) is 5.64. The van der Waals surface area contributed by atoms with Crippen molar-refractivity contribution in [1.82, 2.24) is 8.75 Å². The predicted octanol–water partition coefficient (Wildman–Crippen LogP) is 2.15. The maximum absolute atomic E-state index is 12.8. The largest absolute Gasteiger partial charge is 0.497 e. The molecule has 3 rings (SSSR count). The van der Waals surface area contributed by atoms with Gasteiger partial charge in [0.2, 0.25) is 5.91 Å². The van der Waals surface area contributed by atoms with Crippen molar-refractivity contribution in [2.24, 2.45) is 0 Å². The van der Waals surface area contributed by atoms with E-state index in [9.17, 15) is 13.2 Å². The smallest absolute Gasteiger partial charge is 0.242 e. The lowest BCUT2D eigenvalue weighted by atomic mass is 10.2. The molecular weight excluding hydrogens is 390 g/mol. The molecule has 1 heterocycles. The third-order valence-electron chi connectivity index (χ3n) is 4.02. The van der Waals surface area contributed by atoms with Crippen molar-refractivity contribution >= 4 is 44.2 Å². The number of nitrogens with zero attached hydrogens (tertiary/aromatic N) is 3. The number of amides is 1. The third kappa shape index (κ3) is 3.71. The highest BCUT2D eigenvalue weighted by Crippen LogP contribution is 2.32. The van der Waals surface area contributed by atoms with Crippen molar-refractivity contribution in [3.8, 4) is 11.5 Å². The first kappa shape index (κ1) is 19.1. The van der Waals surface area contributed by atoms with Crippen LogP contribution < -0.4 is 14.4 Å².